The molecule has 3 aromatic rings. The second kappa shape index (κ2) is 8.91. The normalized spacial score (nSPS) is 20.9. The summed E-state index contributed by atoms with van der Waals surface area (Å²) in [6, 6.07) is 17.6. The third-order valence-electron chi connectivity index (χ3n) is 6.22. The van der Waals surface area contributed by atoms with E-state index in [1.165, 1.54) is 6.07 Å². The molecule has 0 aromatic heterocycles. The quantitative estimate of drug-likeness (QED) is 0.324. The van der Waals surface area contributed by atoms with E-state index in [0.29, 0.717) is 29.7 Å². The van der Waals surface area contributed by atoms with Gasteiger partial charge < -0.3 is 14.8 Å². The van der Waals surface area contributed by atoms with Crippen LogP contribution in [-0.2, 0) is 6.61 Å². The van der Waals surface area contributed by atoms with Gasteiger partial charge in [-0.3, -0.25) is 0 Å². The highest BCUT2D eigenvalue weighted by atomic mass is 79.9. The standard InChI is InChI=1S/C26H22Br2FNO2/c1-31-23-11-16(10-21(28)26(23)32-14-15-6-3-2-4-7-15)24-19-9-5-8-18(19)20-12-17(27)13-22(29)25(20)30-24/h2-8,10-13,18-19,24,30H,9,14H2,1H3/t18-,19-,24-/m0/s1. The molecule has 3 nitrogen and oxygen atoms in total. The second-order valence-corrected chi connectivity index (χ2v) is 9.91. The molecule has 3 aromatic carbocycles. The fourth-order valence-corrected chi connectivity index (χ4v) is 5.76. The molecule has 0 bridgehead atoms. The minimum Gasteiger partial charge on any atom is -0.493 e. The first-order valence-electron chi connectivity index (χ1n) is 10.5. The van der Waals surface area contributed by atoms with E-state index in [9.17, 15) is 4.39 Å². The molecule has 6 heteroatoms. The fraction of sp³-hybridized carbons (Fsp3) is 0.231. The summed E-state index contributed by atoms with van der Waals surface area (Å²) in [6.07, 6.45) is 5.33. The van der Waals surface area contributed by atoms with E-state index in [4.69, 9.17) is 9.47 Å². The van der Waals surface area contributed by atoms with Gasteiger partial charge in [-0.05, 0) is 69.2 Å². The van der Waals surface area contributed by atoms with Crippen molar-refractivity contribution in [1.29, 1.82) is 0 Å². The molecule has 0 radical (unpaired) electrons. The molecule has 3 atom stereocenters. The Bertz CT molecular complexity index is 1180. The first kappa shape index (κ1) is 21.5. The predicted molar refractivity (Wildman–Crippen MR) is 132 cm³/mol. The number of allylic oxidation sites excluding steroid dienone is 2. The van der Waals surface area contributed by atoms with Gasteiger partial charge in [0.25, 0.3) is 0 Å². The lowest BCUT2D eigenvalue weighted by molar-refractivity contribution is 0.282. The Kier molecular flexibility index (Phi) is 5.99. The number of hydrogen-bond donors (Lipinski definition) is 1. The number of ether oxygens (including phenoxy) is 2. The number of methoxy groups -OCH3 is 1. The van der Waals surface area contributed by atoms with Gasteiger partial charge in [0.05, 0.1) is 23.3 Å². The summed E-state index contributed by atoms with van der Waals surface area (Å²) in [4.78, 5) is 0. The lowest BCUT2D eigenvalue weighted by Crippen LogP contribution is -2.29. The minimum absolute atomic E-state index is 0.0495. The van der Waals surface area contributed by atoms with Gasteiger partial charge in [0.1, 0.15) is 12.4 Å². The van der Waals surface area contributed by atoms with Gasteiger partial charge in [0.2, 0.25) is 0 Å². The molecule has 0 amide bonds. The Hall–Kier alpha value is -2.31. The molecule has 1 heterocycles. The molecular formula is C26H22Br2FNO2. The Morgan fingerprint density at radius 2 is 1.91 bits per heavy atom. The fourth-order valence-electron chi connectivity index (χ4n) is 4.74. The summed E-state index contributed by atoms with van der Waals surface area (Å²) >= 11 is 7.12. The summed E-state index contributed by atoms with van der Waals surface area (Å²) in [5, 5.41) is 3.48. The molecular weight excluding hydrogens is 537 g/mol. The van der Waals surface area contributed by atoms with Gasteiger partial charge in [0, 0.05) is 10.4 Å². The number of hydrogen-bond acceptors (Lipinski definition) is 3. The van der Waals surface area contributed by atoms with Crippen LogP contribution >= 0.6 is 31.9 Å². The van der Waals surface area contributed by atoms with Crippen molar-refractivity contribution in [2.75, 3.05) is 12.4 Å². The number of halogens is 3. The van der Waals surface area contributed by atoms with Crippen LogP contribution in [0.3, 0.4) is 0 Å². The average Bonchev–Trinajstić information content (AvgIpc) is 3.28. The van der Waals surface area contributed by atoms with Crippen molar-refractivity contribution >= 4 is 37.5 Å². The van der Waals surface area contributed by atoms with Crippen LogP contribution in [0.25, 0.3) is 0 Å². The summed E-state index contributed by atoms with van der Waals surface area (Å²) in [6.45, 7) is 0.443. The van der Waals surface area contributed by atoms with Crippen molar-refractivity contribution in [1.82, 2.24) is 0 Å². The maximum absolute atomic E-state index is 14.9. The Morgan fingerprint density at radius 1 is 1.09 bits per heavy atom. The molecule has 0 saturated carbocycles. The first-order valence-corrected chi connectivity index (χ1v) is 12.1. The average molecular weight is 559 g/mol. The van der Waals surface area contributed by atoms with Gasteiger partial charge in [-0.15, -0.1) is 0 Å². The van der Waals surface area contributed by atoms with Crippen LogP contribution < -0.4 is 14.8 Å². The summed E-state index contributed by atoms with van der Waals surface area (Å²) in [5.74, 6) is 1.53. The maximum Gasteiger partial charge on any atom is 0.175 e. The maximum atomic E-state index is 14.9. The third kappa shape index (κ3) is 3.95. The van der Waals surface area contributed by atoms with Gasteiger partial charge in [-0.1, -0.05) is 58.4 Å². The van der Waals surface area contributed by atoms with Crippen LogP contribution in [0, 0.1) is 11.7 Å². The Balaban J connectivity index is 1.49. The van der Waals surface area contributed by atoms with Gasteiger partial charge >= 0.3 is 0 Å². The van der Waals surface area contributed by atoms with E-state index < -0.39 is 0 Å². The molecule has 32 heavy (non-hydrogen) atoms. The van der Waals surface area contributed by atoms with E-state index in [1.807, 2.05) is 42.5 Å². The van der Waals surface area contributed by atoms with Crippen molar-refractivity contribution in [2.45, 2.75) is 25.0 Å². The summed E-state index contributed by atoms with van der Waals surface area (Å²) < 4.78 is 28.2. The lowest BCUT2D eigenvalue weighted by Gasteiger charge is -2.38. The largest absolute Gasteiger partial charge is 0.493 e. The van der Waals surface area contributed by atoms with Crippen molar-refractivity contribution in [3.63, 3.8) is 0 Å². The topological polar surface area (TPSA) is 30.5 Å². The number of nitrogens with one attached hydrogen (secondary N) is 1. The number of anilines is 1. The minimum atomic E-state index is -0.244. The van der Waals surface area contributed by atoms with Gasteiger partial charge in [-0.2, -0.15) is 0 Å². The lowest BCUT2D eigenvalue weighted by atomic mass is 9.77. The van der Waals surface area contributed by atoms with Crippen molar-refractivity contribution in [3.8, 4) is 11.5 Å². The molecule has 0 fully saturated rings. The third-order valence-corrected chi connectivity index (χ3v) is 7.27. The van der Waals surface area contributed by atoms with E-state index >= 15 is 0 Å². The van der Waals surface area contributed by atoms with Crippen LogP contribution in [0.1, 0.15) is 35.1 Å². The monoisotopic (exact) mass is 557 g/mol. The van der Waals surface area contributed by atoms with E-state index in [0.717, 1.165) is 32.1 Å². The molecule has 5 rings (SSSR count). The number of rotatable bonds is 5. The smallest absolute Gasteiger partial charge is 0.175 e. The van der Waals surface area contributed by atoms with Crippen LogP contribution in [-0.4, -0.2) is 7.11 Å². The molecule has 1 aliphatic carbocycles. The van der Waals surface area contributed by atoms with E-state index in [2.05, 4.69) is 55.4 Å². The molecule has 0 spiro atoms. The molecule has 164 valence electrons. The SMILES string of the molecule is COc1cc([C@@H]2Nc3c(F)cc(Br)cc3[C@H]3C=CC[C@@H]32)cc(Br)c1OCc1ccccc1. The predicted octanol–water partition coefficient (Wildman–Crippen LogP) is 7.76. The Morgan fingerprint density at radius 3 is 2.69 bits per heavy atom. The molecule has 1 N–H and O–H groups in total. The van der Waals surface area contributed by atoms with Crippen molar-refractivity contribution in [3.05, 3.63) is 98.2 Å². The van der Waals surface area contributed by atoms with Crippen LogP contribution in [0.4, 0.5) is 10.1 Å². The molecule has 1 aliphatic heterocycles. The van der Waals surface area contributed by atoms with E-state index in [1.54, 1.807) is 7.11 Å². The molecule has 0 saturated heterocycles. The molecule has 2 aliphatic rings. The highest BCUT2D eigenvalue weighted by molar-refractivity contribution is 9.10. The van der Waals surface area contributed by atoms with E-state index in [-0.39, 0.29) is 17.8 Å². The molecule has 0 unspecified atom stereocenters. The van der Waals surface area contributed by atoms with Gasteiger partial charge in [0.15, 0.2) is 11.5 Å². The zero-order valence-corrected chi connectivity index (χ0v) is 20.6. The zero-order chi connectivity index (χ0) is 22.2. The number of benzene rings is 3. The number of fused-ring (bicyclic) bond motifs is 3. The van der Waals surface area contributed by atoms with Crippen LogP contribution in [0.15, 0.2) is 75.7 Å². The van der Waals surface area contributed by atoms with Crippen molar-refractivity contribution < 1.29 is 13.9 Å². The summed E-state index contributed by atoms with van der Waals surface area (Å²) in [5.41, 5.74) is 3.69. The summed E-state index contributed by atoms with van der Waals surface area (Å²) in [7, 11) is 1.64. The first-order chi connectivity index (χ1) is 15.5. The van der Waals surface area contributed by atoms with Crippen molar-refractivity contribution in [2.24, 2.45) is 5.92 Å². The highest BCUT2D eigenvalue weighted by Gasteiger charge is 2.39. The highest BCUT2D eigenvalue weighted by Crippen LogP contribution is 2.52. The van der Waals surface area contributed by atoms with Crippen LogP contribution in [0.2, 0.25) is 0 Å². The Labute approximate surface area is 203 Å². The zero-order valence-electron chi connectivity index (χ0n) is 17.4. The van der Waals surface area contributed by atoms with Crippen LogP contribution in [0.5, 0.6) is 11.5 Å². The second-order valence-electron chi connectivity index (χ2n) is 8.14. The van der Waals surface area contributed by atoms with Gasteiger partial charge in [-0.25, -0.2) is 4.39 Å².